The van der Waals surface area contributed by atoms with E-state index in [2.05, 4.69) is 19.2 Å². The average molecular weight is 294 g/mol. The van der Waals surface area contributed by atoms with Gasteiger partial charge in [-0.15, -0.1) is 0 Å². The number of carbonyl (C=O) groups is 1. The molecule has 0 aromatic rings. The number of alkyl halides is 3. The molecule has 0 aliphatic carbocycles. The standard InChI is InChI=1S/C14H25F3N2O/c1-4-12-18-11(9-10(2)3)13(20)19(12)8-6-5-7-14(15,16)17/h10-12,18H,4-9H2,1-3H3. The van der Waals surface area contributed by atoms with Crippen molar-refractivity contribution in [3.8, 4) is 0 Å². The van der Waals surface area contributed by atoms with Crippen LogP contribution in [0, 0.1) is 5.92 Å². The molecule has 0 saturated carbocycles. The van der Waals surface area contributed by atoms with Gasteiger partial charge in [-0.1, -0.05) is 20.8 Å². The lowest BCUT2D eigenvalue weighted by atomic mass is 10.0. The van der Waals surface area contributed by atoms with Gasteiger partial charge in [-0.3, -0.25) is 10.1 Å². The molecule has 3 nitrogen and oxygen atoms in total. The fraction of sp³-hybridized carbons (Fsp3) is 0.929. The minimum Gasteiger partial charge on any atom is -0.326 e. The number of rotatable bonds is 7. The fourth-order valence-corrected chi connectivity index (χ4v) is 2.60. The lowest BCUT2D eigenvalue weighted by Gasteiger charge is -2.23. The van der Waals surface area contributed by atoms with Gasteiger partial charge < -0.3 is 4.90 Å². The van der Waals surface area contributed by atoms with Gasteiger partial charge in [-0.05, 0) is 31.6 Å². The SMILES string of the molecule is CCC1NC(CC(C)C)C(=O)N1CCCCC(F)(F)F. The highest BCUT2D eigenvalue weighted by Crippen LogP contribution is 2.24. The number of hydrogen-bond donors (Lipinski definition) is 1. The Balaban J connectivity index is 2.44. The van der Waals surface area contributed by atoms with Crippen LogP contribution in [-0.4, -0.2) is 35.7 Å². The minimum absolute atomic E-state index is 0.0304. The Morgan fingerprint density at radius 2 is 1.95 bits per heavy atom. The third kappa shape index (κ3) is 5.31. The highest BCUT2D eigenvalue weighted by molar-refractivity contribution is 5.84. The minimum atomic E-state index is -4.10. The molecule has 1 aliphatic rings. The topological polar surface area (TPSA) is 32.3 Å². The summed E-state index contributed by atoms with van der Waals surface area (Å²) in [5.74, 6) is 0.455. The van der Waals surface area contributed by atoms with Gasteiger partial charge >= 0.3 is 6.18 Å². The number of unbranched alkanes of at least 4 members (excludes halogenated alkanes) is 1. The maximum Gasteiger partial charge on any atom is 0.389 e. The number of amides is 1. The van der Waals surface area contributed by atoms with E-state index < -0.39 is 12.6 Å². The molecule has 2 atom stereocenters. The van der Waals surface area contributed by atoms with Crippen molar-refractivity contribution in [3.63, 3.8) is 0 Å². The largest absolute Gasteiger partial charge is 0.389 e. The third-order valence-electron chi connectivity index (χ3n) is 3.55. The Morgan fingerprint density at radius 1 is 1.30 bits per heavy atom. The summed E-state index contributed by atoms with van der Waals surface area (Å²) in [6, 6.07) is -0.178. The summed E-state index contributed by atoms with van der Waals surface area (Å²) < 4.78 is 36.3. The summed E-state index contributed by atoms with van der Waals surface area (Å²) in [6.07, 6.45) is -2.87. The zero-order valence-corrected chi connectivity index (χ0v) is 12.5. The second-order valence-electron chi connectivity index (χ2n) is 5.88. The van der Waals surface area contributed by atoms with Gasteiger partial charge in [0, 0.05) is 13.0 Å². The maximum atomic E-state index is 12.2. The average Bonchev–Trinajstić information content (AvgIpc) is 2.60. The van der Waals surface area contributed by atoms with Gasteiger partial charge in [0.25, 0.3) is 0 Å². The molecule has 1 heterocycles. The smallest absolute Gasteiger partial charge is 0.326 e. The van der Waals surface area contributed by atoms with Gasteiger partial charge in [0.1, 0.15) is 0 Å². The van der Waals surface area contributed by atoms with E-state index in [-0.39, 0.29) is 24.5 Å². The highest BCUT2D eigenvalue weighted by Gasteiger charge is 2.37. The van der Waals surface area contributed by atoms with E-state index in [0.29, 0.717) is 18.9 Å². The van der Waals surface area contributed by atoms with Crippen LogP contribution in [0.5, 0.6) is 0 Å². The molecule has 0 spiro atoms. The molecule has 0 aromatic heterocycles. The Hall–Kier alpha value is -0.780. The summed E-state index contributed by atoms with van der Waals surface area (Å²) in [7, 11) is 0. The van der Waals surface area contributed by atoms with Crippen molar-refractivity contribution < 1.29 is 18.0 Å². The van der Waals surface area contributed by atoms with E-state index in [1.54, 1.807) is 4.90 Å². The van der Waals surface area contributed by atoms with E-state index in [4.69, 9.17) is 0 Å². The number of halogens is 3. The molecule has 0 radical (unpaired) electrons. The summed E-state index contributed by atoms with van der Waals surface area (Å²) in [5, 5.41) is 3.28. The number of carbonyl (C=O) groups excluding carboxylic acids is 1. The first-order valence-electron chi connectivity index (χ1n) is 7.38. The van der Waals surface area contributed by atoms with Crippen molar-refractivity contribution in [1.29, 1.82) is 0 Å². The number of nitrogens with zero attached hydrogens (tertiary/aromatic N) is 1. The normalized spacial score (nSPS) is 23.9. The lowest BCUT2D eigenvalue weighted by molar-refractivity contribution is -0.136. The Morgan fingerprint density at radius 3 is 2.45 bits per heavy atom. The first-order chi connectivity index (χ1) is 9.24. The molecule has 1 rings (SSSR count). The molecular weight excluding hydrogens is 269 g/mol. The summed E-state index contributed by atoms with van der Waals surface area (Å²) in [6.45, 7) is 6.50. The van der Waals surface area contributed by atoms with E-state index in [1.165, 1.54) is 0 Å². The molecule has 1 fully saturated rings. The molecule has 1 amide bonds. The Labute approximate surface area is 118 Å². The Bertz CT molecular complexity index is 318. The molecule has 118 valence electrons. The van der Waals surface area contributed by atoms with Gasteiger partial charge in [0.05, 0.1) is 12.2 Å². The van der Waals surface area contributed by atoms with Crippen molar-refractivity contribution in [1.82, 2.24) is 10.2 Å². The predicted molar refractivity (Wildman–Crippen MR) is 72.1 cm³/mol. The summed E-state index contributed by atoms with van der Waals surface area (Å²) in [4.78, 5) is 14.0. The van der Waals surface area contributed by atoms with Gasteiger partial charge in [-0.2, -0.15) is 13.2 Å². The fourth-order valence-electron chi connectivity index (χ4n) is 2.60. The van der Waals surface area contributed by atoms with Crippen LogP contribution in [0.25, 0.3) is 0 Å². The maximum absolute atomic E-state index is 12.2. The molecular formula is C14H25F3N2O. The van der Waals surface area contributed by atoms with Crippen molar-refractivity contribution in [3.05, 3.63) is 0 Å². The quantitative estimate of drug-likeness (QED) is 0.731. The van der Waals surface area contributed by atoms with E-state index in [9.17, 15) is 18.0 Å². The highest BCUT2D eigenvalue weighted by atomic mass is 19.4. The lowest BCUT2D eigenvalue weighted by Crippen LogP contribution is -2.37. The van der Waals surface area contributed by atoms with Gasteiger partial charge in [0.15, 0.2) is 0 Å². The van der Waals surface area contributed by atoms with Crippen LogP contribution in [0.15, 0.2) is 0 Å². The second kappa shape index (κ2) is 7.29. The molecule has 1 saturated heterocycles. The van der Waals surface area contributed by atoms with E-state index in [1.807, 2.05) is 6.92 Å². The molecule has 1 aliphatic heterocycles. The molecule has 20 heavy (non-hydrogen) atoms. The predicted octanol–water partition coefficient (Wildman–Crippen LogP) is 3.30. The van der Waals surface area contributed by atoms with Crippen LogP contribution in [0.4, 0.5) is 13.2 Å². The van der Waals surface area contributed by atoms with E-state index in [0.717, 1.165) is 12.8 Å². The van der Waals surface area contributed by atoms with Gasteiger partial charge in [-0.25, -0.2) is 0 Å². The van der Waals surface area contributed by atoms with Crippen molar-refractivity contribution in [2.24, 2.45) is 5.92 Å². The van der Waals surface area contributed by atoms with Crippen molar-refractivity contribution in [2.75, 3.05) is 6.54 Å². The zero-order chi connectivity index (χ0) is 15.3. The van der Waals surface area contributed by atoms with Crippen LogP contribution < -0.4 is 5.32 Å². The van der Waals surface area contributed by atoms with Crippen LogP contribution >= 0.6 is 0 Å². The molecule has 0 aromatic carbocycles. The van der Waals surface area contributed by atoms with Crippen LogP contribution in [-0.2, 0) is 4.79 Å². The zero-order valence-electron chi connectivity index (χ0n) is 12.5. The first-order valence-corrected chi connectivity index (χ1v) is 7.38. The molecule has 6 heteroatoms. The van der Waals surface area contributed by atoms with Crippen molar-refractivity contribution >= 4 is 5.91 Å². The molecule has 2 unspecified atom stereocenters. The summed E-state index contributed by atoms with van der Waals surface area (Å²) >= 11 is 0. The first kappa shape index (κ1) is 17.3. The van der Waals surface area contributed by atoms with E-state index >= 15 is 0 Å². The number of nitrogens with one attached hydrogen (secondary N) is 1. The Kier molecular flexibility index (Phi) is 6.30. The van der Waals surface area contributed by atoms with Crippen LogP contribution in [0.1, 0.15) is 52.9 Å². The molecule has 0 bridgehead atoms. The van der Waals surface area contributed by atoms with Crippen LogP contribution in [0.3, 0.4) is 0 Å². The third-order valence-corrected chi connectivity index (χ3v) is 3.55. The monoisotopic (exact) mass is 294 g/mol. The van der Waals surface area contributed by atoms with Gasteiger partial charge in [0.2, 0.25) is 5.91 Å². The molecule has 1 N–H and O–H groups in total. The van der Waals surface area contributed by atoms with Crippen molar-refractivity contribution in [2.45, 2.75) is 71.3 Å². The van der Waals surface area contributed by atoms with Crippen LogP contribution in [0.2, 0.25) is 0 Å². The summed E-state index contributed by atoms with van der Waals surface area (Å²) in [5.41, 5.74) is 0. The number of hydrogen-bond acceptors (Lipinski definition) is 2. The second-order valence-corrected chi connectivity index (χ2v) is 5.88.